The molecule has 5 heteroatoms. The van der Waals surface area contributed by atoms with Crippen molar-refractivity contribution < 1.29 is 23.4 Å². The maximum Gasteiger partial charge on any atom is 0.309 e. The van der Waals surface area contributed by atoms with Crippen molar-refractivity contribution in [2.45, 2.75) is 58.0 Å². The third-order valence-electron chi connectivity index (χ3n) is 9.11. The molecule has 1 spiro atoms. The van der Waals surface area contributed by atoms with Crippen molar-refractivity contribution >= 4 is 11.5 Å². The molecule has 3 aromatic rings. The van der Waals surface area contributed by atoms with E-state index >= 15 is 4.39 Å². The largest absolute Gasteiger partial charge is 0.497 e. The lowest BCUT2D eigenvalue weighted by atomic mass is 9.79. The average molecular weight is 527 g/mol. The molecule has 39 heavy (non-hydrogen) atoms. The molecule has 3 aliphatic rings. The van der Waals surface area contributed by atoms with Crippen molar-refractivity contribution in [3.05, 3.63) is 88.7 Å². The van der Waals surface area contributed by atoms with Crippen LogP contribution >= 0.6 is 0 Å². The van der Waals surface area contributed by atoms with Crippen LogP contribution in [0.25, 0.3) is 16.7 Å². The van der Waals surface area contributed by atoms with Gasteiger partial charge in [0.05, 0.1) is 20.1 Å². The molecule has 202 valence electrons. The van der Waals surface area contributed by atoms with E-state index in [-0.39, 0.29) is 28.5 Å². The minimum atomic E-state index is -0.269. The van der Waals surface area contributed by atoms with E-state index in [1.54, 1.807) is 19.2 Å². The summed E-state index contributed by atoms with van der Waals surface area (Å²) in [4.78, 5) is 12.2. The fourth-order valence-electron chi connectivity index (χ4n) is 6.76. The maximum atomic E-state index is 15.1. The summed E-state index contributed by atoms with van der Waals surface area (Å²) in [5, 5.41) is 0. The molecule has 0 saturated heterocycles. The summed E-state index contributed by atoms with van der Waals surface area (Å²) in [5.74, 6) is 1.00. The van der Waals surface area contributed by atoms with E-state index in [1.165, 1.54) is 29.9 Å². The number of carbonyl (C=O) groups excluding carboxylic acids is 1. The van der Waals surface area contributed by atoms with Crippen molar-refractivity contribution in [3.63, 3.8) is 0 Å². The third-order valence-corrected chi connectivity index (χ3v) is 9.11. The van der Waals surface area contributed by atoms with Crippen molar-refractivity contribution in [1.29, 1.82) is 0 Å². The van der Waals surface area contributed by atoms with Crippen LogP contribution in [0, 0.1) is 17.2 Å². The molecule has 0 bridgehead atoms. The number of esters is 1. The lowest BCUT2D eigenvalue weighted by molar-refractivity contribution is -0.142. The van der Waals surface area contributed by atoms with E-state index in [2.05, 4.69) is 38.1 Å². The number of allylic oxidation sites excluding steroid dienone is 2. The summed E-state index contributed by atoms with van der Waals surface area (Å²) in [6.07, 6.45) is 7.18. The quantitative estimate of drug-likeness (QED) is 0.297. The molecule has 0 aliphatic heterocycles. The molecule has 3 aliphatic carbocycles. The van der Waals surface area contributed by atoms with Crippen LogP contribution in [0.15, 0.2) is 60.7 Å². The molecule has 1 unspecified atom stereocenters. The zero-order chi connectivity index (χ0) is 27.4. The van der Waals surface area contributed by atoms with Gasteiger partial charge in [-0.3, -0.25) is 4.79 Å². The van der Waals surface area contributed by atoms with Crippen LogP contribution in [0.5, 0.6) is 11.5 Å². The van der Waals surface area contributed by atoms with E-state index in [4.69, 9.17) is 14.2 Å². The monoisotopic (exact) mass is 526 g/mol. The molecule has 1 saturated carbocycles. The minimum Gasteiger partial charge on any atom is -0.497 e. The van der Waals surface area contributed by atoms with Crippen molar-refractivity contribution in [2.75, 3.05) is 14.2 Å². The number of hydrogen-bond donors (Lipinski definition) is 0. The van der Waals surface area contributed by atoms with Crippen LogP contribution in [0.2, 0.25) is 0 Å². The maximum absolute atomic E-state index is 15.1. The summed E-state index contributed by atoms with van der Waals surface area (Å²) >= 11 is 0. The number of carbonyl (C=O) groups is 1. The van der Waals surface area contributed by atoms with Gasteiger partial charge in [0.2, 0.25) is 0 Å². The number of aryl methyl sites for hydroxylation is 1. The number of methoxy groups -OCH3 is 2. The Morgan fingerprint density at radius 2 is 1.77 bits per heavy atom. The highest BCUT2D eigenvalue weighted by molar-refractivity contribution is 5.85. The van der Waals surface area contributed by atoms with Crippen LogP contribution < -0.4 is 9.47 Å². The van der Waals surface area contributed by atoms with E-state index in [9.17, 15) is 4.79 Å². The summed E-state index contributed by atoms with van der Waals surface area (Å²) < 4.78 is 31.8. The number of rotatable bonds is 7. The molecule has 6 rings (SSSR count). The Labute approximate surface area is 229 Å². The van der Waals surface area contributed by atoms with Gasteiger partial charge in [-0.15, -0.1) is 0 Å². The van der Waals surface area contributed by atoms with Crippen molar-refractivity contribution in [3.8, 4) is 22.6 Å². The van der Waals surface area contributed by atoms with Gasteiger partial charge in [-0.2, -0.15) is 0 Å². The molecule has 0 aromatic heterocycles. The predicted octanol–water partition coefficient (Wildman–Crippen LogP) is 7.66. The normalized spacial score (nSPS) is 22.4. The third kappa shape index (κ3) is 4.42. The minimum absolute atomic E-state index is 0.00167. The first-order valence-electron chi connectivity index (χ1n) is 13.8. The first-order valence-corrected chi connectivity index (χ1v) is 13.8. The molecule has 4 nitrogen and oxygen atoms in total. The Kier molecular flexibility index (Phi) is 6.28. The Morgan fingerprint density at radius 3 is 2.51 bits per heavy atom. The second kappa shape index (κ2) is 9.55. The fourth-order valence-corrected chi connectivity index (χ4v) is 6.76. The standard InChI is InChI=1S/C34H35FO4/c1-33(2)14-5-6-28(33)26-16-21(7-11-25(26)27-17-23(37-3)10-12-31(27)35)20-39-24-9-8-22-13-15-34(29(22)18-24)19-30(34)32(36)38-4/h6-12,16-18,30H,5,13-15,19-20H2,1-4H3/t30?,34-/m0/s1. The second-order valence-electron chi connectivity index (χ2n) is 11.8. The first kappa shape index (κ1) is 25.7. The number of hydrogen-bond acceptors (Lipinski definition) is 4. The number of benzene rings is 3. The first-order chi connectivity index (χ1) is 18.8. The zero-order valence-electron chi connectivity index (χ0n) is 23.1. The van der Waals surface area contributed by atoms with Crippen LogP contribution in [-0.2, 0) is 28.0 Å². The van der Waals surface area contributed by atoms with E-state index < -0.39 is 0 Å². The molecule has 3 aromatic carbocycles. The van der Waals surface area contributed by atoms with Gasteiger partial charge in [0.1, 0.15) is 23.9 Å². The topological polar surface area (TPSA) is 44.8 Å². The van der Waals surface area contributed by atoms with Gasteiger partial charge < -0.3 is 14.2 Å². The highest BCUT2D eigenvalue weighted by atomic mass is 19.1. The summed E-state index contributed by atoms with van der Waals surface area (Å²) in [5.41, 5.74) is 7.15. The van der Waals surface area contributed by atoms with Crippen LogP contribution in [0.3, 0.4) is 0 Å². The molecular formula is C34H35FO4. The lowest BCUT2D eigenvalue weighted by Crippen LogP contribution is -2.13. The van der Waals surface area contributed by atoms with Crippen LogP contribution in [-0.4, -0.2) is 20.2 Å². The summed E-state index contributed by atoms with van der Waals surface area (Å²) in [7, 11) is 3.06. The Bertz CT molecular complexity index is 1490. The smallest absolute Gasteiger partial charge is 0.309 e. The highest BCUT2D eigenvalue weighted by Gasteiger charge is 2.62. The van der Waals surface area contributed by atoms with Gasteiger partial charge >= 0.3 is 5.97 Å². The number of ether oxygens (including phenoxy) is 3. The number of fused-ring (bicyclic) bond motifs is 2. The van der Waals surface area contributed by atoms with E-state index in [1.807, 2.05) is 18.2 Å². The van der Waals surface area contributed by atoms with Gasteiger partial charge in [-0.25, -0.2) is 4.39 Å². The van der Waals surface area contributed by atoms with Gasteiger partial charge in [-0.05, 0) is 107 Å². The molecular weight excluding hydrogens is 491 g/mol. The number of halogens is 1. The van der Waals surface area contributed by atoms with Crippen LogP contribution in [0.4, 0.5) is 4.39 Å². The Balaban J connectivity index is 1.30. The van der Waals surface area contributed by atoms with Gasteiger partial charge in [0, 0.05) is 11.0 Å². The van der Waals surface area contributed by atoms with Crippen LogP contribution in [0.1, 0.15) is 61.8 Å². The van der Waals surface area contributed by atoms with Gasteiger partial charge in [0.25, 0.3) is 0 Å². The molecule has 0 amide bonds. The SMILES string of the molecule is COC(=O)C1C[C@]12CCc1ccc(OCc3ccc(-c4cc(OC)ccc4F)c(C4=CCCC4(C)C)c3)cc12. The molecule has 0 N–H and O–H groups in total. The Hall–Kier alpha value is -3.60. The van der Waals surface area contributed by atoms with Crippen molar-refractivity contribution in [2.24, 2.45) is 11.3 Å². The van der Waals surface area contributed by atoms with Crippen molar-refractivity contribution in [1.82, 2.24) is 0 Å². The molecule has 1 fully saturated rings. The second-order valence-corrected chi connectivity index (χ2v) is 11.8. The summed E-state index contributed by atoms with van der Waals surface area (Å²) in [6.45, 7) is 4.90. The molecule has 2 atom stereocenters. The molecule has 0 heterocycles. The fraction of sp³-hybridized carbons (Fsp3) is 0.382. The van der Waals surface area contributed by atoms with E-state index in [0.717, 1.165) is 54.5 Å². The zero-order valence-corrected chi connectivity index (χ0v) is 23.1. The lowest BCUT2D eigenvalue weighted by Gasteiger charge is -2.25. The highest BCUT2D eigenvalue weighted by Crippen LogP contribution is 2.62. The van der Waals surface area contributed by atoms with Gasteiger partial charge in [0.15, 0.2) is 0 Å². The van der Waals surface area contributed by atoms with E-state index in [0.29, 0.717) is 17.9 Å². The average Bonchev–Trinajstić information content (AvgIpc) is 3.41. The summed E-state index contributed by atoms with van der Waals surface area (Å²) in [6, 6.07) is 17.3. The Morgan fingerprint density at radius 1 is 0.949 bits per heavy atom. The predicted molar refractivity (Wildman–Crippen MR) is 150 cm³/mol. The molecule has 0 radical (unpaired) electrons. The van der Waals surface area contributed by atoms with Gasteiger partial charge in [-0.1, -0.05) is 38.1 Å².